The number of sulfonamides is 1. The van der Waals surface area contributed by atoms with Crippen molar-refractivity contribution in [3.63, 3.8) is 0 Å². The fourth-order valence-corrected chi connectivity index (χ4v) is 3.44. The Kier molecular flexibility index (Phi) is 4.77. The van der Waals surface area contributed by atoms with E-state index < -0.39 is 39.1 Å². The highest BCUT2D eigenvalue weighted by molar-refractivity contribution is 7.92. The first kappa shape index (κ1) is 20.9. The topological polar surface area (TPSA) is 75.7 Å². The van der Waals surface area contributed by atoms with Gasteiger partial charge in [0.25, 0.3) is 5.91 Å². The number of ether oxygens (including phenoxy) is 1. The number of carbonyl (C=O) groups is 1. The molecule has 0 fully saturated rings. The van der Waals surface area contributed by atoms with Crippen molar-refractivity contribution < 1.29 is 35.5 Å². The summed E-state index contributed by atoms with van der Waals surface area (Å²) in [6.07, 6.45) is -4.00. The molecule has 29 heavy (non-hydrogen) atoms. The fourth-order valence-electron chi connectivity index (χ4n) is 2.88. The molecular weight excluding hydrogens is 416 g/mol. The number of fused-ring (bicyclic) bond motifs is 1. The van der Waals surface area contributed by atoms with Crippen LogP contribution in [0.1, 0.15) is 19.4 Å². The molecule has 0 saturated heterocycles. The summed E-state index contributed by atoms with van der Waals surface area (Å²) in [4.78, 5) is 13.9. The van der Waals surface area contributed by atoms with Crippen molar-refractivity contribution in [2.45, 2.75) is 25.6 Å². The van der Waals surface area contributed by atoms with Crippen molar-refractivity contribution in [3.05, 3.63) is 47.8 Å². The lowest BCUT2D eigenvalue weighted by Gasteiger charge is -2.39. The second-order valence-electron chi connectivity index (χ2n) is 6.97. The molecule has 1 amide bonds. The van der Waals surface area contributed by atoms with Gasteiger partial charge in [0.2, 0.25) is 10.0 Å². The SMILES string of the molecule is CC1(C)Oc2cc(NS(C)(=O)=O)ccc2N(c2ccc(F)c(C(F)(F)F)c2)C1=O. The van der Waals surface area contributed by atoms with Crippen molar-refractivity contribution in [2.24, 2.45) is 0 Å². The third-order valence-corrected chi connectivity index (χ3v) is 4.71. The maximum absolute atomic E-state index is 13.7. The van der Waals surface area contributed by atoms with Crippen molar-refractivity contribution >= 4 is 33.0 Å². The van der Waals surface area contributed by atoms with Crippen LogP contribution in [-0.4, -0.2) is 26.2 Å². The molecule has 6 nitrogen and oxygen atoms in total. The third-order valence-electron chi connectivity index (χ3n) is 4.10. The van der Waals surface area contributed by atoms with Crippen molar-refractivity contribution in [1.82, 2.24) is 0 Å². The van der Waals surface area contributed by atoms with Crippen molar-refractivity contribution in [1.29, 1.82) is 0 Å². The van der Waals surface area contributed by atoms with E-state index in [9.17, 15) is 30.8 Å². The van der Waals surface area contributed by atoms with E-state index in [0.29, 0.717) is 12.1 Å². The third kappa shape index (κ3) is 4.14. The van der Waals surface area contributed by atoms with E-state index in [0.717, 1.165) is 17.2 Å². The minimum absolute atomic E-state index is 0.0705. The van der Waals surface area contributed by atoms with E-state index in [1.165, 1.54) is 32.0 Å². The van der Waals surface area contributed by atoms with Gasteiger partial charge in [-0.3, -0.25) is 14.4 Å². The molecule has 1 aliphatic rings. The summed E-state index contributed by atoms with van der Waals surface area (Å²) in [6.45, 7) is 2.83. The number of anilines is 3. The lowest BCUT2D eigenvalue weighted by atomic mass is 10.0. The van der Waals surface area contributed by atoms with E-state index in [1.54, 1.807) is 0 Å². The van der Waals surface area contributed by atoms with Crippen LogP contribution in [0, 0.1) is 5.82 Å². The van der Waals surface area contributed by atoms with Gasteiger partial charge in [-0.05, 0) is 44.2 Å². The molecule has 0 unspecified atom stereocenters. The first-order chi connectivity index (χ1) is 13.2. The fraction of sp³-hybridized carbons (Fsp3) is 0.278. The van der Waals surface area contributed by atoms with Crippen LogP contribution in [0.3, 0.4) is 0 Å². The lowest BCUT2D eigenvalue weighted by Crippen LogP contribution is -2.50. The molecule has 0 spiro atoms. The van der Waals surface area contributed by atoms with Crippen LogP contribution in [-0.2, 0) is 21.0 Å². The average Bonchev–Trinajstić information content (AvgIpc) is 2.54. The molecule has 2 aromatic carbocycles. The van der Waals surface area contributed by atoms with Crippen LogP contribution in [0.4, 0.5) is 34.6 Å². The Morgan fingerprint density at radius 3 is 2.34 bits per heavy atom. The molecular formula is C18H16F4N2O4S. The predicted octanol–water partition coefficient (Wildman–Crippen LogP) is 4.05. The highest BCUT2D eigenvalue weighted by Gasteiger charge is 2.43. The Morgan fingerprint density at radius 1 is 1.10 bits per heavy atom. The molecule has 11 heteroatoms. The molecule has 0 bridgehead atoms. The summed E-state index contributed by atoms with van der Waals surface area (Å²) in [5.74, 6) is -2.07. The monoisotopic (exact) mass is 432 g/mol. The molecule has 0 aliphatic carbocycles. The van der Waals surface area contributed by atoms with Crippen molar-refractivity contribution in [2.75, 3.05) is 15.9 Å². The Morgan fingerprint density at radius 2 is 1.76 bits per heavy atom. The van der Waals surface area contributed by atoms with Gasteiger partial charge in [-0.2, -0.15) is 13.2 Å². The summed E-state index contributed by atoms with van der Waals surface area (Å²) in [6, 6.07) is 6.19. The van der Waals surface area contributed by atoms with Gasteiger partial charge < -0.3 is 4.74 Å². The van der Waals surface area contributed by atoms with Crippen molar-refractivity contribution in [3.8, 4) is 5.75 Å². The molecule has 3 rings (SSSR count). The van der Waals surface area contributed by atoms with Gasteiger partial charge in [0, 0.05) is 11.8 Å². The zero-order valence-electron chi connectivity index (χ0n) is 15.5. The van der Waals surface area contributed by atoms with Gasteiger partial charge in [0.1, 0.15) is 11.6 Å². The second-order valence-corrected chi connectivity index (χ2v) is 8.72. The Bertz CT molecular complexity index is 1100. The zero-order valence-corrected chi connectivity index (χ0v) is 16.3. The number of alkyl halides is 3. The van der Waals surface area contributed by atoms with E-state index in [4.69, 9.17) is 4.74 Å². The largest absolute Gasteiger partial charge is 0.476 e. The van der Waals surface area contributed by atoms with Gasteiger partial charge in [-0.1, -0.05) is 0 Å². The number of carbonyl (C=O) groups excluding carboxylic acids is 1. The normalized spacial score (nSPS) is 16.2. The number of benzene rings is 2. The number of nitrogens with zero attached hydrogens (tertiary/aromatic N) is 1. The standard InChI is InChI=1S/C18H16F4N2O4S/c1-17(2)16(25)24(11-5-6-13(19)12(9-11)18(20,21)22)14-7-4-10(8-15(14)28-17)23-29(3,26)27/h4-9,23H,1-3H3. The highest BCUT2D eigenvalue weighted by Crippen LogP contribution is 2.44. The number of nitrogens with one attached hydrogen (secondary N) is 1. The Balaban J connectivity index is 2.17. The first-order valence-electron chi connectivity index (χ1n) is 8.21. The average molecular weight is 432 g/mol. The molecule has 0 saturated carbocycles. The maximum Gasteiger partial charge on any atom is 0.419 e. The second kappa shape index (κ2) is 6.61. The van der Waals surface area contributed by atoms with Gasteiger partial charge in [0.15, 0.2) is 5.60 Å². The van der Waals surface area contributed by atoms with Gasteiger partial charge in [-0.25, -0.2) is 12.8 Å². The van der Waals surface area contributed by atoms with Crippen LogP contribution in [0.2, 0.25) is 0 Å². The maximum atomic E-state index is 13.7. The zero-order chi connectivity index (χ0) is 21.8. The van der Waals surface area contributed by atoms with Crippen LogP contribution in [0.5, 0.6) is 5.75 Å². The summed E-state index contributed by atoms with van der Waals surface area (Å²) in [7, 11) is -3.59. The quantitative estimate of drug-likeness (QED) is 0.743. The molecule has 1 aliphatic heterocycles. The van der Waals surface area contributed by atoms with Crippen LogP contribution >= 0.6 is 0 Å². The van der Waals surface area contributed by atoms with Gasteiger partial charge in [-0.15, -0.1) is 0 Å². The minimum Gasteiger partial charge on any atom is -0.476 e. The molecule has 0 radical (unpaired) electrons. The van der Waals surface area contributed by atoms with E-state index >= 15 is 0 Å². The highest BCUT2D eigenvalue weighted by atomic mass is 32.2. The molecule has 0 aromatic heterocycles. The smallest absolute Gasteiger partial charge is 0.419 e. The number of hydrogen-bond donors (Lipinski definition) is 1. The van der Waals surface area contributed by atoms with Gasteiger partial charge >= 0.3 is 6.18 Å². The Labute approximate surface area is 164 Å². The lowest BCUT2D eigenvalue weighted by molar-refractivity contribution is -0.140. The van der Waals surface area contributed by atoms with Crippen LogP contribution < -0.4 is 14.4 Å². The number of halogens is 4. The number of rotatable bonds is 3. The van der Waals surface area contributed by atoms with E-state index in [1.807, 2.05) is 0 Å². The minimum atomic E-state index is -4.95. The van der Waals surface area contributed by atoms with Crippen LogP contribution in [0.25, 0.3) is 0 Å². The number of amides is 1. The number of hydrogen-bond acceptors (Lipinski definition) is 4. The summed E-state index contributed by atoms with van der Waals surface area (Å²) in [5, 5.41) is 0. The molecule has 0 atom stereocenters. The molecule has 1 N–H and O–H groups in total. The molecule has 2 aromatic rings. The van der Waals surface area contributed by atoms with E-state index in [2.05, 4.69) is 4.72 Å². The molecule has 156 valence electrons. The first-order valence-corrected chi connectivity index (χ1v) is 10.1. The summed E-state index contributed by atoms with van der Waals surface area (Å²) < 4.78 is 83.8. The predicted molar refractivity (Wildman–Crippen MR) is 98.2 cm³/mol. The van der Waals surface area contributed by atoms with Gasteiger partial charge in [0.05, 0.1) is 23.2 Å². The molecule has 1 heterocycles. The van der Waals surface area contributed by atoms with E-state index in [-0.39, 0.29) is 22.8 Å². The van der Waals surface area contributed by atoms with Crippen LogP contribution in [0.15, 0.2) is 36.4 Å². The Hall–Kier alpha value is -2.82. The summed E-state index contributed by atoms with van der Waals surface area (Å²) >= 11 is 0. The summed E-state index contributed by atoms with van der Waals surface area (Å²) in [5.41, 5.74) is -2.95.